The van der Waals surface area contributed by atoms with Gasteiger partial charge in [-0.25, -0.2) is 4.52 Å². The fourth-order valence-electron chi connectivity index (χ4n) is 4.66. The Labute approximate surface area is 205 Å². The summed E-state index contributed by atoms with van der Waals surface area (Å²) in [5, 5.41) is 4.59. The van der Waals surface area contributed by atoms with Gasteiger partial charge in [-0.05, 0) is 61.7 Å². The highest BCUT2D eigenvalue weighted by Crippen LogP contribution is 2.22. The molecule has 7 nitrogen and oxygen atoms in total. The van der Waals surface area contributed by atoms with Gasteiger partial charge in [0.1, 0.15) is 5.52 Å². The summed E-state index contributed by atoms with van der Waals surface area (Å²) in [6.45, 7) is 9.63. The molecule has 5 rings (SSSR count). The first kappa shape index (κ1) is 22.9. The topological polar surface area (TPSA) is 62.9 Å². The van der Waals surface area contributed by atoms with Crippen molar-refractivity contribution in [1.82, 2.24) is 19.1 Å². The maximum absolute atomic E-state index is 13.1. The summed E-state index contributed by atoms with van der Waals surface area (Å²) >= 11 is 0. The molecule has 0 saturated carbocycles. The molecule has 2 aromatic carbocycles. The summed E-state index contributed by atoms with van der Waals surface area (Å²) in [4.78, 5) is 30.2. The number of aryl methyl sites for hydroxylation is 4. The van der Waals surface area contributed by atoms with Crippen LogP contribution in [0.2, 0.25) is 0 Å². The Balaban J connectivity index is 1.23. The van der Waals surface area contributed by atoms with Gasteiger partial charge < -0.3 is 14.4 Å². The molecule has 0 unspecified atom stereocenters. The number of amides is 1. The first-order chi connectivity index (χ1) is 16.9. The van der Waals surface area contributed by atoms with Crippen molar-refractivity contribution in [3.8, 4) is 11.3 Å². The lowest BCUT2D eigenvalue weighted by molar-refractivity contribution is -0.131. The predicted molar refractivity (Wildman–Crippen MR) is 139 cm³/mol. The molecular weight excluding hydrogens is 438 g/mol. The lowest BCUT2D eigenvalue weighted by atomic mass is 10.0. The number of hydrogen-bond acceptors (Lipinski definition) is 4. The molecule has 1 saturated heterocycles. The van der Waals surface area contributed by atoms with Crippen molar-refractivity contribution in [3.63, 3.8) is 0 Å². The lowest BCUT2D eigenvalue weighted by Gasteiger charge is -2.36. The van der Waals surface area contributed by atoms with Crippen LogP contribution in [0.15, 0.2) is 65.7 Å². The van der Waals surface area contributed by atoms with Crippen molar-refractivity contribution in [1.29, 1.82) is 0 Å². The second-order valence-corrected chi connectivity index (χ2v) is 9.41. The molecule has 1 fully saturated rings. The van der Waals surface area contributed by atoms with Crippen LogP contribution >= 0.6 is 0 Å². The summed E-state index contributed by atoms with van der Waals surface area (Å²) in [5.41, 5.74) is 7.00. The first-order valence-corrected chi connectivity index (χ1v) is 12.1. The van der Waals surface area contributed by atoms with Crippen molar-refractivity contribution < 1.29 is 4.79 Å². The predicted octanol–water partition coefficient (Wildman–Crippen LogP) is 3.83. The van der Waals surface area contributed by atoms with E-state index < -0.39 is 0 Å². The molecule has 1 aliphatic rings. The number of benzene rings is 2. The Bertz CT molecular complexity index is 1440. The zero-order chi connectivity index (χ0) is 24.5. The van der Waals surface area contributed by atoms with Crippen LogP contribution in [0.25, 0.3) is 16.8 Å². The van der Waals surface area contributed by atoms with Gasteiger partial charge >= 0.3 is 0 Å². The molecule has 0 bridgehead atoms. The first-order valence-electron chi connectivity index (χ1n) is 12.1. The monoisotopic (exact) mass is 469 g/mol. The third kappa shape index (κ3) is 4.71. The van der Waals surface area contributed by atoms with Gasteiger partial charge in [0.15, 0.2) is 0 Å². The minimum absolute atomic E-state index is 0.0880. The summed E-state index contributed by atoms with van der Waals surface area (Å²) in [6.07, 6.45) is 3.81. The molecule has 1 amide bonds. The summed E-state index contributed by atoms with van der Waals surface area (Å²) in [6, 6.07) is 16.5. The number of carbonyl (C=O) groups excluding carboxylic acids is 1. The maximum Gasteiger partial charge on any atom is 0.276 e. The van der Waals surface area contributed by atoms with Gasteiger partial charge in [0.2, 0.25) is 5.91 Å². The number of nitrogens with zero attached hydrogens (tertiary/aromatic N) is 5. The number of fused-ring (bicyclic) bond motifs is 1. The quantitative estimate of drug-likeness (QED) is 0.446. The lowest BCUT2D eigenvalue weighted by Crippen LogP contribution is -2.49. The van der Waals surface area contributed by atoms with Crippen LogP contribution in [-0.4, -0.2) is 51.2 Å². The third-order valence-electron chi connectivity index (χ3n) is 6.97. The summed E-state index contributed by atoms with van der Waals surface area (Å²) in [5.74, 6) is 0.0880. The Morgan fingerprint density at radius 1 is 0.914 bits per heavy atom. The van der Waals surface area contributed by atoms with E-state index >= 15 is 0 Å². The van der Waals surface area contributed by atoms with Crippen LogP contribution in [-0.2, 0) is 11.3 Å². The summed E-state index contributed by atoms with van der Waals surface area (Å²) in [7, 11) is 0. The summed E-state index contributed by atoms with van der Waals surface area (Å²) < 4.78 is 3.23. The number of rotatable bonds is 5. The zero-order valence-electron chi connectivity index (χ0n) is 20.6. The third-order valence-corrected chi connectivity index (χ3v) is 6.97. The zero-order valence-corrected chi connectivity index (χ0v) is 20.6. The van der Waals surface area contributed by atoms with Gasteiger partial charge in [-0.15, -0.1) is 0 Å². The Morgan fingerprint density at radius 2 is 1.71 bits per heavy atom. The van der Waals surface area contributed by atoms with Crippen molar-refractivity contribution in [2.75, 3.05) is 31.1 Å². The van der Waals surface area contributed by atoms with E-state index in [9.17, 15) is 9.59 Å². The highest BCUT2D eigenvalue weighted by Gasteiger charge is 2.21. The van der Waals surface area contributed by atoms with E-state index in [2.05, 4.69) is 67.2 Å². The minimum atomic E-state index is -0.132. The molecule has 35 heavy (non-hydrogen) atoms. The van der Waals surface area contributed by atoms with E-state index in [1.807, 2.05) is 17.0 Å². The minimum Gasteiger partial charge on any atom is -0.368 e. The van der Waals surface area contributed by atoms with Gasteiger partial charge in [0.05, 0.1) is 5.69 Å². The average Bonchev–Trinajstić information content (AvgIpc) is 3.30. The van der Waals surface area contributed by atoms with E-state index in [0.717, 1.165) is 24.3 Å². The highest BCUT2D eigenvalue weighted by molar-refractivity contribution is 5.76. The maximum atomic E-state index is 13.1. The van der Waals surface area contributed by atoms with Gasteiger partial charge in [-0.2, -0.15) is 5.10 Å². The van der Waals surface area contributed by atoms with Crippen molar-refractivity contribution >= 4 is 17.1 Å². The van der Waals surface area contributed by atoms with Gasteiger partial charge in [0.25, 0.3) is 5.56 Å². The number of piperazine rings is 1. The molecule has 2 aromatic heterocycles. The second-order valence-electron chi connectivity index (χ2n) is 9.41. The molecule has 0 spiro atoms. The van der Waals surface area contributed by atoms with Crippen LogP contribution in [0.4, 0.5) is 5.69 Å². The molecule has 0 aliphatic carbocycles. The SMILES string of the molecule is Cc1cccc(N2CCN(C(=O)CCn3ccn4nc(-c5ccc(C)c(C)c5)cc4c3=O)CC2)c1. The fraction of sp³-hybridized carbons (Fsp3) is 0.321. The van der Waals surface area contributed by atoms with E-state index in [4.69, 9.17) is 0 Å². The molecule has 0 atom stereocenters. The van der Waals surface area contributed by atoms with E-state index in [0.29, 0.717) is 31.6 Å². The Morgan fingerprint density at radius 3 is 2.46 bits per heavy atom. The Hall–Kier alpha value is -3.87. The van der Waals surface area contributed by atoms with E-state index in [-0.39, 0.29) is 11.5 Å². The van der Waals surface area contributed by atoms with E-state index in [1.165, 1.54) is 22.4 Å². The molecule has 7 heteroatoms. The number of carbonyl (C=O) groups is 1. The molecule has 0 N–H and O–H groups in total. The van der Waals surface area contributed by atoms with Crippen LogP contribution in [0.5, 0.6) is 0 Å². The molecule has 4 aromatic rings. The normalized spacial score (nSPS) is 14.0. The largest absolute Gasteiger partial charge is 0.368 e. The van der Waals surface area contributed by atoms with Gasteiger partial charge in [-0.1, -0.05) is 24.3 Å². The number of anilines is 1. The standard InChI is InChI=1S/C28H31N5O2/c1-20-5-4-6-24(17-20)30-11-13-31(14-12-30)27(34)9-10-32-15-16-33-26(28(32)35)19-25(29-33)23-8-7-21(2)22(3)18-23/h4-8,15-19H,9-14H2,1-3H3. The highest BCUT2D eigenvalue weighted by atomic mass is 16.2. The van der Waals surface area contributed by atoms with E-state index in [1.54, 1.807) is 21.5 Å². The second kappa shape index (κ2) is 9.41. The van der Waals surface area contributed by atoms with Gasteiger partial charge in [-0.3, -0.25) is 9.59 Å². The number of aromatic nitrogens is 3. The van der Waals surface area contributed by atoms with Crippen LogP contribution in [0.3, 0.4) is 0 Å². The van der Waals surface area contributed by atoms with Crippen molar-refractivity contribution in [2.24, 2.45) is 0 Å². The molecule has 3 heterocycles. The van der Waals surface area contributed by atoms with Crippen molar-refractivity contribution in [3.05, 3.63) is 88.0 Å². The number of hydrogen-bond donors (Lipinski definition) is 0. The fourth-order valence-corrected chi connectivity index (χ4v) is 4.66. The molecular formula is C28H31N5O2. The smallest absolute Gasteiger partial charge is 0.276 e. The van der Waals surface area contributed by atoms with Crippen LogP contribution < -0.4 is 10.5 Å². The molecule has 180 valence electrons. The van der Waals surface area contributed by atoms with Crippen molar-refractivity contribution in [2.45, 2.75) is 33.7 Å². The van der Waals surface area contributed by atoms with Crippen LogP contribution in [0, 0.1) is 20.8 Å². The molecule has 0 radical (unpaired) electrons. The average molecular weight is 470 g/mol. The Kier molecular flexibility index (Phi) is 6.16. The molecule has 1 aliphatic heterocycles. The van der Waals surface area contributed by atoms with Crippen LogP contribution in [0.1, 0.15) is 23.1 Å². The van der Waals surface area contributed by atoms with Gasteiger partial charge in [0, 0.05) is 62.8 Å².